The van der Waals surface area contributed by atoms with Crippen molar-refractivity contribution < 1.29 is 0 Å². The number of nitrogens with zero attached hydrogens (tertiary/aromatic N) is 2. The van der Waals surface area contributed by atoms with Gasteiger partial charge in [0, 0.05) is 25.4 Å². The second-order valence-electron chi connectivity index (χ2n) is 3.00. The van der Waals surface area contributed by atoms with Crippen LogP contribution in [0.5, 0.6) is 0 Å². The van der Waals surface area contributed by atoms with Crippen molar-refractivity contribution in [3.63, 3.8) is 0 Å². The van der Waals surface area contributed by atoms with Crippen LogP contribution in [0, 0.1) is 0 Å². The van der Waals surface area contributed by atoms with E-state index in [0.29, 0.717) is 0 Å². The molecular weight excluding hydrogens is 180 g/mol. The second-order valence-corrected chi connectivity index (χ2v) is 3.00. The molecular formula is C10H18N2O2. The van der Waals surface area contributed by atoms with E-state index in [9.17, 15) is 9.59 Å². The Morgan fingerprint density at radius 3 is 2.14 bits per heavy atom. The molecule has 0 fully saturated rings. The Hall–Kier alpha value is -1.32. The molecule has 0 amide bonds. The zero-order valence-electron chi connectivity index (χ0n) is 9.44. The van der Waals surface area contributed by atoms with Gasteiger partial charge in [0.05, 0.1) is 0 Å². The molecule has 14 heavy (non-hydrogen) atoms. The van der Waals surface area contributed by atoms with Crippen molar-refractivity contribution in [3.05, 3.63) is 33.1 Å². The molecule has 0 spiro atoms. The molecule has 1 rings (SSSR count). The molecule has 0 atom stereocenters. The van der Waals surface area contributed by atoms with E-state index in [1.54, 1.807) is 0 Å². The summed E-state index contributed by atoms with van der Waals surface area (Å²) in [5.74, 6) is 0. The normalized spacial score (nSPS) is 9.57. The van der Waals surface area contributed by atoms with Crippen LogP contribution in [0.1, 0.15) is 33.7 Å². The lowest BCUT2D eigenvalue weighted by molar-refractivity contribution is 0.533. The van der Waals surface area contributed by atoms with Gasteiger partial charge in [-0.15, -0.1) is 0 Å². The molecule has 1 aromatic rings. The van der Waals surface area contributed by atoms with Crippen molar-refractivity contribution in [2.45, 2.75) is 33.7 Å². The molecule has 1 aromatic heterocycles. The number of aromatic nitrogens is 2. The number of hydrogen-bond donors (Lipinski definition) is 0. The van der Waals surface area contributed by atoms with Crippen molar-refractivity contribution in [3.8, 4) is 0 Å². The molecule has 4 heteroatoms. The van der Waals surface area contributed by atoms with E-state index < -0.39 is 0 Å². The van der Waals surface area contributed by atoms with Gasteiger partial charge in [0.15, 0.2) is 0 Å². The summed E-state index contributed by atoms with van der Waals surface area (Å²) in [6, 6.07) is 1.48. The molecule has 0 bridgehead atoms. The molecule has 1 heterocycles. The van der Waals surface area contributed by atoms with Gasteiger partial charge in [-0.1, -0.05) is 13.8 Å². The molecule has 0 N–H and O–H groups in total. The van der Waals surface area contributed by atoms with E-state index in [2.05, 4.69) is 0 Å². The Morgan fingerprint density at radius 1 is 1.21 bits per heavy atom. The van der Waals surface area contributed by atoms with E-state index in [4.69, 9.17) is 0 Å². The van der Waals surface area contributed by atoms with Crippen molar-refractivity contribution >= 4 is 0 Å². The monoisotopic (exact) mass is 198 g/mol. The Kier molecular flexibility index (Phi) is 4.91. The first-order valence-corrected chi connectivity index (χ1v) is 4.82. The van der Waals surface area contributed by atoms with Crippen molar-refractivity contribution in [2.75, 3.05) is 0 Å². The summed E-state index contributed by atoms with van der Waals surface area (Å²) >= 11 is 0. The van der Waals surface area contributed by atoms with Crippen molar-refractivity contribution in [1.82, 2.24) is 9.13 Å². The van der Waals surface area contributed by atoms with Gasteiger partial charge in [-0.25, -0.2) is 4.79 Å². The minimum Gasteiger partial charge on any atom is -0.298 e. The fraction of sp³-hybridized carbons (Fsp3) is 0.600. The quantitative estimate of drug-likeness (QED) is 0.679. The highest BCUT2D eigenvalue weighted by Crippen LogP contribution is 1.95. The summed E-state index contributed by atoms with van der Waals surface area (Å²) in [6.07, 6.45) is 1.52. The summed E-state index contributed by atoms with van der Waals surface area (Å²) < 4.78 is 2.61. The zero-order valence-corrected chi connectivity index (χ0v) is 9.44. The molecule has 0 aromatic carbocycles. The topological polar surface area (TPSA) is 44.0 Å². The molecule has 0 saturated heterocycles. The SMILES string of the molecule is CC.CC(C)n1ccc(=O)n(C)c1=O. The minimum atomic E-state index is -0.267. The van der Waals surface area contributed by atoms with Gasteiger partial charge in [-0.3, -0.25) is 13.9 Å². The van der Waals surface area contributed by atoms with Crippen molar-refractivity contribution in [2.24, 2.45) is 7.05 Å². The maximum absolute atomic E-state index is 11.4. The van der Waals surface area contributed by atoms with Gasteiger partial charge in [-0.05, 0) is 13.8 Å². The highest BCUT2D eigenvalue weighted by molar-refractivity contribution is 4.86. The molecule has 0 aliphatic rings. The van der Waals surface area contributed by atoms with E-state index in [1.165, 1.54) is 23.9 Å². The van der Waals surface area contributed by atoms with Crippen LogP contribution in [0.2, 0.25) is 0 Å². The Morgan fingerprint density at radius 2 is 1.71 bits per heavy atom. The average molecular weight is 198 g/mol. The third-order valence-electron chi connectivity index (χ3n) is 1.77. The summed E-state index contributed by atoms with van der Waals surface area (Å²) in [6.45, 7) is 7.79. The lowest BCUT2D eigenvalue weighted by Crippen LogP contribution is -2.37. The summed E-state index contributed by atoms with van der Waals surface area (Å²) in [7, 11) is 1.48. The smallest absolute Gasteiger partial charge is 0.298 e. The van der Waals surface area contributed by atoms with Gasteiger partial charge < -0.3 is 0 Å². The summed E-state index contributed by atoms with van der Waals surface area (Å²) in [5, 5.41) is 0. The van der Waals surface area contributed by atoms with Crippen LogP contribution in [0.3, 0.4) is 0 Å². The Labute approximate surface area is 83.8 Å². The zero-order chi connectivity index (χ0) is 11.3. The third-order valence-corrected chi connectivity index (χ3v) is 1.77. The molecule has 0 aliphatic heterocycles. The molecule has 0 aliphatic carbocycles. The van der Waals surface area contributed by atoms with Crippen LogP contribution < -0.4 is 11.2 Å². The first-order valence-electron chi connectivity index (χ1n) is 4.82. The van der Waals surface area contributed by atoms with Gasteiger partial charge in [0.2, 0.25) is 0 Å². The largest absolute Gasteiger partial charge is 0.330 e. The highest BCUT2D eigenvalue weighted by atomic mass is 16.2. The van der Waals surface area contributed by atoms with E-state index in [1.807, 2.05) is 27.7 Å². The van der Waals surface area contributed by atoms with Gasteiger partial charge in [0.25, 0.3) is 5.56 Å². The summed E-state index contributed by atoms with van der Waals surface area (Å²) in [5.41, 5.74) is -0.533. The number of hydrogen-bond acceptors (Lipinski definition) is 2. The first-order chi connectivity index (χ1) is 6.54. The minimum absolute atomic E-state index is 0.0873. The lowest BCUT2D eigenvalue weighted by Gasteiger charge is -2.09. The van der Waals surface area contributed by atoms with Crippen LogP contribution in [0.25, 0.3) is 0 Å². The second kappa shape index (κ2) is 5.42. The predicted molar refractivity (Wildman–Crippen MR) is 57.7 cm³/mol. The highest BCUT2D eigenvalue weighted by Gasteiger charge is 2.02. The molecule has 4 nitrogen and oxygen atoms in total. The fourth-order valence-corrected chi connectivity index (χ4v) is 0.980. The van der Waals surface area contributed by atoms with Crippen LogP contribution in [0.15, 0.2) is 21.9 Å². The van der Waals surface area contributed by atoms with Gasteiger partial charge >= 0.3 is 5.69 Å². The van der Waals surface area contributed by atoms with Crippen molar-refractivity contribution in [1.29, 1.82) is 0 Å². The molecule has 80 valence electrons. The predicted octanol–water partition coefficient (Wildman–Crippen LogP) is 1.15. The third kappa shape index (κ3) is 2.58. The first kappa shape index (κ1) is 12.7. The maximum Gasteiger partial charge on any atom is 0.330 e. The summed E-state index contributed by atoms with van der Waals surface area (Å²) in [4.78, 5) is 22.3. The van der Waals surface area contributed by atoms with Crippen LogP contribution in [-0.4, -0.2) is 9.13 Å². The number of rotatable bonds is 1. The fourth-order valence-electron chi connectivity index (χ4n) is 0.980. The van der Waals surface area contributed by atoms with Gasteiger partial charge in [0.1, 0.15) is 0 Å². The van der Waals surface area contributed by atoms with E-state index in [-0.39, 0.29) is 17.3 Å². The Bertz CT molecular complexity index is 388. The van der Waals surface area contributed by atoms with Crippen LogP contribution in [0.4, 0.5) is 0 Å². The molecule has 0 saturated carbocycles. The van der Waals surface area contributed by atoms with Gasteiger partial charge in [-0.2, -0.15) is 0 Å². The van der Waals surface area contributed by atoms with Crippen LogP contribution >= 0.6 is 0 Å². The average Bonchev–Trinajstić information content (AvgIpc) is 2.17. The maximum atomic E-state index is 11.4. The standard InChI is InChI=1S/C8H12N2O2.C2H6/c1-6(2)10-5-4-7(11)9(3)8(10)12;1-2/h4-6H,1-3H3;1-2H3. The lowest BCUT2D eigenvalue weighted by atomic mass is 10.4. The van der Waals surface area contributed by atoms with Crippen LogP contribution in [-0.2, 0) is 7.05 Å². The van der Waals surface area contributed by atoms with E-state index in [0.717, 1.165) is 4.57 Å². The molecule has 0 radical (unpaired) electrons. The van der Waals surface area contributed by atoms with E-state index >= 15 is 0 Å². The Balaban J connectivity index is 0.000000791. The molecule has 0 unspecified atom stereocenters.